The van der Waals surface area contributed by atoms with E-state index >= 15 is 0 Å². The molecule has 3 aliphatic rings. The van der Waals surface area contributed by atoms with Crippen LogP contribution in [-0.2, 0) is 14.3 Å². The Kier molecular flexibility index (Phi) is 3.93. The van der Waals surface area contributed by atoms with E-state index in [9.17, 15) is 9.59 Å². The zero-order valence-electron chi connectivity index (χ0n) is 16.0. The third-order valence-corrected chi connectivity index (χ3v) is 6.62. The minimum atomic E-state index is -0.261. The number of rotatable bonds is 4. The van der Waals surface area contributed by atoms with Gasteiger partial charge in [0, 0.05) is 11.6 Å². The van der Waals surface area contributed by atoms with E-state index < -0.39 is 0 Å². The number of benzene rings is 2. The Morgan fingerprint density at radius 2 is 1.79 bits per heavy atom. The van der Waals surface area contributed by atoms with Crippen LogP contribution in [0.15, 0.2) is 42.5 Å². The van der Waals surface area contributed by atoms with Gasteiger partial charge >= 0.3 is 5.97 Å². The maximum Gasteiger partial charge on any atom is 0.310 e. The first kappa shape index (κ1) is 17.3. The third-order valence-electron chi connectivity index (χ3n) is 6.62. The Labute approximate surface area is 164 Å². The predicted molar refractivity (Wildman–Crippen MR) is 104 cm³/mol. The van der Waals surface area contributed by atoms with Crippen LogP contribution < -0.4 is 10.1 Å². The molecule has 5 nitrogen and oxygen atoms in total. The first-order chi connectivity index (χ1) is 13.5. The molecule has 2 aromatic rings. The van der Waals surface area contributed by atoms with Gasteiger partial charge in [0.2, 0.25) is 5.91 Å². The highest BCUT2D eigenvalue weighted by Crippen LogP contribution is 2.57. The van der Waals surface area contributed by atoms with E-state index in [0.29, 0.717) is 11.4 Å². The van der Waals surface area contributed by atoms with Crippen molar-refractivity contribution in [2.75, 3.05) is 5.32 Å². The SMILES string of the molecule is Cc1ccc(Oc2ccc(NC(=O)[C@@H]3[C@@H]4C[C@@H]5[C@H]3C(=O)O[C@H]5C4)cc2)cc1C. The van der Waals surface area contributed by atoms with Crippen molar-refractivity contribution in [3.63, 3.8) is 0 Å². The van der Waals surface area contributed by atoms with Crippen molar-refractivity contribution in [3.05, 3.63) is 53.6 Å². The van der Waals surface area contributed by atoms with Gasteiger partial charge in [0.15, 0.2) is 0 Å². The second-order valence-electron chi connectivity index (χ2n) is 8.28. The molecule has 5 atom stereocenters. The second-order valence-corrected chi connectivity index (χ2v) is 8.28. The average Bonchev–Trinajstić information content (AvgIpc) is 3.29. The van der Waals surface area contributed by atoms with Crippen LogP contribution in [0.4, 0.5) is 5.69 Å². The highest BCUT2D eigenvalue weighted by atomic mass is 16.6. The molecule has 28 heavy (non-hydrogen) atoms. The Morgan fingerprint density at radius 1 is 1.04 bits per heavy atom. The maximum absolute atomic E-state index is 12.8. The number of aryl methyl sites for hydroxylation is 2. The van der Waals surface area contributed by atoms with Crippen LogP contribution in [0.2, 0.25) is 0 Å². The summed E-state index contributed by atoms with van der Waals surface area (Å²) in [7, 11) is 0. The van der Waals surface area contributed by atoms with Crippen LogP contribution in [0.1, 0.15) is 24.0 Å². The topological polar surface area (TPSA) is 64.6 Å². The molecule has 1 amide bonds. The van der Waals surface area contributed by atoms with Gasteiger partial charge in [-0.2, -0.15) is 0 Å². The molecule has 1 heterocycles. The summed E-state index contributed by atoms with van der Waals surface area (Å²) in [6.45, 7) is 4.12. The molecule has 3 fully saturated rings. The Hall–Kier alpha value is -2.82. The van der Waals surface area contributed by atoms with E-state index in [-0.39, 0.29) is 41.7 Å². The van der Waals surface area contributed by atoms with Crippen molar-refractivity contribution in [3.8, 4) is 11.5 Å². The van der Waals surface area contributed by atoms with Crippen LogP contribution in [-0.4, -0.2) is 18.0 Å². The first-order valence-electron chi connectivity index (χ1n) is 9.86. The minimum Gasteiger partial charge on any atom is -0.462 e. The summed E-state index contributed by atoms with van der Waals surface area (Å²) in [6, 6.07) is 13.3. The van der Waals surface area contributed by atoms with Gasteiger partial charge in [0.1, 0.15) is 17.6 Å². The number of carbonyl (C=O) groups excluding carboxylic acids is 2. The minimum absolute atomic E-state index is 0.0494. The summed E-state index contributed by atoms with van der Waals surface area (Å²) in [5.74, 6) is 1.23. The number of anilines is 1. The number of hydrogen-bond donors (Lipinski definition) is 1. The van der Waals surface area contributed by atoms with Crippen LogP contribution in [0.5, 0.6) is 11.5 Å². The molecule has 0 aromatic heterocycles. The van der Waals surface area contributed by atoms with Crippen molar-refractivity contribution < 1.29 is 19.1 Å². The summed E-state index contributed by atoms with van der Waals surface area (Å²) >= 11 is 0. The highest BCUT2D eigenvalue weighted by molar-refractivity contribution is 5.97. The summed E-state index contributed by atoms with van der Waals surface area (Å²) in [5, 5.41) is 2.98. The number of carbonyl (C=O) groups is 2. The lowest BCUT2D eigenvalue weighted by Crippen LogP contribution is -2.35. The zero-order chi connectivity index (χ0) is 19.4. The van der Waals surface area contributed by atoms with E-state index in [2.05, 4.69) is 19.2 Å². The molecular formula is C23H23NO4. The second kappa shape index (κ2) is 6.36. The Balaban J connectivity index is 1.26. The molecule has 1 N–H and O–H groups in total. The molecule has 1 aliphatic heterocycles. The van der Waals surface area contributed by atoms with Crippen LogP contribution >= 0.6 is 0 Å². The molecule has 0 spiro atoms. The zero-order valence-corrected chi connectivity index (χ0v) is 16.0. The first-order valence-corrected chi connectivity index (χ1v) is 9.86. The highest BCUT2D eigenvalue weighted by Gasteiger charge is 2.63. The van der Waals surface area contributed by atoms with Crippen LogP contribution in [0, 0.1) is 37.5 Å². The number of ether oxygens (including phenoxy) is 2. The predicted octanol–water partition coefficient (Wildman–Crippen LogP) is 4.23. The average molecular weight is 377 g/mol. The Morgan fingerprint density at radius 3 is 2.54 bits per heavy atom. The van der Waals surface area contributed by atoms with Gasteiger partial charge in [-0.25, -0.2) is 0 Å². The molecule has 2 bridgehead atoms. The normalized spacial score (nSPS) is 29.6. The molecule has 0 radical (unpaired) electrons. The van der Waals surface area contributed by atoms with Crippen molar-refractivity contribution in [1.82, 2.24) is 0 Å². The molecule has 2 aliphatic carbocycles. The number of nitrogens with one attached hydrogen (secondary N) is 1. The summed E-state index contributed by atoms with van der Waals surface area (Å²) < 4.78 is 11.3. The summed E-state index contributed by atoms with van der Waals surface area (Å²) in [4.78, 5) is 24.9. The fourth-order valence-electron chi connectivity index (χ4n) is 5.11. The van der Waals surface area contributed by atoms with Crippen molar-refractivity contribution in [2.45, 2.75) is 32.8 Å². The summed E-state index contributed by atoms with van der Waals surface area (Å²) in [5.41, 5.74) is 3.12. The number of fused-ring (bicyclic) bond motifs is 1. The van der Waals surface area contributed by atoms with E-state index in [1.54, 1.807) is 0 Å². The van der Waals surface area contributed by atoms with Crippen LogP contribution in [0.25, 0.3) is 0 Å². The number of esters is 1. The maximum atomic E-state index is 12.8. The smallest absolute Gasteiger partial charge is 0.310 e. The van der Waals surface area contributed by atoms with E-state index in [1.165, 1.54) is 11.1 Å². The van der Waals surface area contributed by atoms with Gasteiger partial charge in [-0.05, 0) is 80.1 Å². The van der Waals surface area contributed by atoms with Gasteiger partial charge in [0.25, 0.3) is 0 Å². The lowest BCUT2D eigenvalue weighted by Gasteiger charge is -2.23. The monoisotopic (exact) mass is 377 g/mol. The van der Waals surface area contributed by atoms with Gasteiger partial charge in [-0.15, -0.1) is 0 Å². The molecular weight excluding hydrogens is 354 g/mol. The molecule has 0 unspecified atom stereocenters. The van der Waals surface area contributed by atoms with Gasteiger partial charge in [0.05, 0.1) is 11.8 Å². The van der Waals surface area contributed by atoms with Crippen LogP contribution in [0.3, 0.4) is 0 Å². The van der Waals surface area contributed by atoms with Gasteiger partial charge < -0.3 is 14.8 Å². The van der Waals surface area contributed by atoms with Crippen molar-refractivity contribution in [2.24, 2.45) is 23.7 Å². The van der Waals surface area contributed by atoms with E-state index in [4.69, 9.17) is 9.47 Å². The molecule has 2 aromatic carbocycles. The molecule has 5 heteroatoms. The van der Waals surface area contributed by atoms with Gasteiger partial charge in [-0.1, -0.05) is 6.07 Å². The van der Waals surface area contributed by atoms with Crippen molar-refractivity contribution >= 4 is 17.6 Å². The fourth-order valence-corrected chi connectivity index (χ4v) is 5.11. The Bertz CT molecular complexity index is 950. The molecule has 2 saturated carbocycles. The fraction of sp³-hybridized carbons (Fsp3) is 0.391. The quantitative estimate of drug-likeness (QED) is 0.810. The molecule has 1 saturated heterocycles. The van der Waals surface area contributed by atoms with Crippen molar-refractivity contribution in [1.29, 1.82) is 0 Å². The molecule has 5 rings (SSSR count). The van der Waals surface area contributed by atoms with Gasteiger partial charge in [-0.3, -0.25) is 9.59 Å². The number of amides is 1. The number of hydrogen-bond acceptors (Lipinski definition) is 4. The molecule has 144 valence electrons. The van der Waals surface area contributed by atoms with E-state index in [1.807, 2.05) is 42.5 Å². The standard InChI is InChI=1S/C23H23NO4/c1-12-3-6-17(9-13(12)2)27-16-7-4-15(5-8-16)24-22(25)20-14-10-18-19(11-14)28-23(26)21(18)20/h3-9,14,18-21H,10-11H2,1-2H3,(H,24,25)/t14-,18+,19+,20-,21-/m1/s1. The lowest BCUT2D eigenvalue weighted by molar-refractivity contribution is -0.145. The largest absolute Gasteiger partial charge is 0.462 e. The summed E-state index contributed by atoms with van der Waals surface area (Å²) in [6.07, 6.45) is 1.81. The third kappa shape index (κ3) is 2.77. The van der Waals surface area contributed by atoms with E-state index in [0.717, 1.165) is 18.6 Å². The lowest BCUT2D eigenvalue weighted by atomic mass is 9.79.